The van der Waals surface area contributed by atoms with Crippen LogP contribution in [0.15, 0.2) is 53.0 Å². The van der Waals surface area contributed by atoms with Gasteiger partial charge in [-0.05, 0) is 46.6 Å². The summed E-state index contributed by atoms with van der Waals surface area (Å²) in [5.74, 6) is 0.250. The average Bonchev–Trinajstić information content (AvgIpc) is 2.43. The lowest BCUT2D eigenvalue weighted by atomic mass is 10.3. The van der Waals surface area contributed by atoms with Gasteiger partial charge in [-0.2, -0.15) is 0 Å². The Morgan fingerprint density at radius 1 is 1.11 bits per heavy atom. The number of hydrogen-bond donors (Lipinski definition) is 1. The van der Waals surface area contributed by atoms with E-state index in [1.54, 1.807) is 6.07 Å². The second kappa shape index (κ2) is 7.14. The standard InChI is InChI=1S/C15H15BrFNO/c16-14-8-7-12(17)11-15(14)19-10-4-9-18-13-5-2-1-3-6-13/h1-3,5-8,11,18H,4,9-10H2. The molecular weight excluding hydrogens is 309 g/mol. The fourth-order valence-electron chi connectivity index (χ4n) is 1.63. The molecule has 0 saturated carbocycles. The van der Waals surface area contributed by atoms with Gasteiger partial charge in [0.05, 0.1) is 11.1 Å². The minimum Gasteiger partial charge on any atom is -0.492 e. The second-order valence-electron chi connectivity index (χ2n) is 4.07. The smallest absolute Gasteiger partial charge is 0.136 e. The third-order valence-electron chi connectivity index (χ3n) is 2.57. The van der Waals surface area contributed by atoms with Crippen molar-refractivity contribution in [1.29, 1.82) is 0 Å². The van der Waals surface area contributed by atoms with Gasteiger partial charge in [0.1, 0.15) is 11.6 Å². The van der Waals surface area contributed by atoms with E-state index < -0.39 is 0 Å². The number of para-hydroxylation sites is 1. The highest BCUT2D eigenvalue weighted by atomic mass is 79.9. The molecule has 0 atom stereocenters. The summed E-state index contributed by atoms with van der Waals surface area (Å²) in [5.41, 5.74) is 1.09. The molecule has 0 spiro atoms. The summed E-state index contributed by atoms with van der Waals surface area (Å²) >= 11 is 3.33. The van der Waals surface area contributed by atoms with Crippen molar-refractivity contribution in [2.45, 2.75) is 6.42 Å². The fourth-order valence-corrected chi connectivity index (χ4v) is 1.99. The van der Waals surface area contributed by atoms with Crippen LogP contribution in [-0.2, 0) is 0 Å². The van der Waals surface area contributed by atoms with Crippen LogP contribution < -0.4 is 10.1 Å². The van der Waals surface area contributed by atoms with E-state index in [0.717, 1.165) is 23.1 Å². The normalized spacial score (nSPS) is 10.2. The minimum absolute atomic E-state index is 0.291. The maximum Gasteiger partial charge on any atom is 0.136 e. The first-order valence-electron chi connectivity index (χ1n) is 6.12. The van der Waals surface area contributed by atoms with E-state index in [1.165, 1.54) is 12.1 Å². The van der Waals surface area contributed by atoms with Gasteiger partial charge in [-0.15, -0.1) is 0 Å². The minimum atomic E-state index is -0.291. The number of halogens is 2. The molecule has 0 bridgehead atoms. The van der Waals surface area contributed by atoms with Gasteiger partial charge in [-0.25, -0.2) is 4.39 Å². The van der Waals surface area contributed by atoms with Crippen molar-refractivity contribution < 1.29 is 9.13 Å². The van der Waals surface area contributed by atoms with Gasteiger partial charge >= 0.3 is 0 Å². The van der Waals surface area contributed by atoms with E-state index in [9.17, 15) is 4.39 Å². The van der Waals surface area contributed by atoms with Crippen molar-refractivity contribution in [3.05, 3.63) is 58.8 Å². The average molecular weight is 324 g/mol. The fraction of sp³-hybridized carbons (Fsp3) is 0.200. The first-order chi connectivity index (χ1) is 9.25. The first kappa shape index (κ1) is 13.9. The van der Waals surface area contributed by atoms with E-state index in [-0.39, 0.29) is 5.82 Å². The largest absolute Gasteiger partial charge is 0.492 e. The van der Waals surface area contributed by atoms with Gasteiger partial charge in [0.2, 0.25) is 0 Å². The molecule has 4 heteroatoms. The Morgan fingerprint density at radius 2 is 1.89 bits per heavy atom. The van der Waals surface area contributed by atoms with Crippen LogP contribution in [0.3, 0.4) is 0 Å². The van der Waals surface area contributed by atoms with E-state index in [4.69, 9.17) is 4.74 Å². The van der Waals surface area contributed by atoms with Crippen molar-refractivity contribution in [2.24, 2.45) is 0 Å². The van der Waals surface area contributed by atoms with Gasteiger partial charge < -0.3 is 10.1 Å². The molecule has 2 nitrogen and oxygen atoms in total. The van der Waals surface area contributed by atoms with Crippen molar-refractivity contribution >= 4 is 21.6 Å². The molecule has 100 valence electrons. The Hall–Kier alpha value is -1.55. The molecule has 0 saturated heterocycles. The van der Waals surface area contributed by atoms with Crippen molar-refractivity contribution in [3.63, 3.8) is 0 Å². The number of benzene rings is 2. The summed E-state index contributed by atoms with van der Waals surface area (Å²) in [6, 6.07) is 14.4. The van der Waals surface area contributed by atoms with E-state index in [1.807, 2.05) is 30.3 Å². The maximum absolute atomic E-state index is 13.0. The summed E-state index contributed by atoms with van der Waals surface area (Å²) in [6.07, 6.45) is 0.845. The molecule has 0 heterocycles. The number of rotatable bonds is 6. The van der Waals surface area contributed by atoms with Crippen LogP contribution in [-0.4, -0.2) is 13.2 Å². The Labute approximate surface area is 120 Å². The summed E-state index contributed by atoms with van der Waals surface area (Å²) in [4.78, 5) is 0. The number of nitrogens with one attached hydrogen (secondary N) is 1. The predicted octanol–water partition coefficient (Wildman–Crippen LogP) is 4.47. The maximum atomic E-state index is 13.0. The van der Waals surface area contributed by atoms with Gasteiger partial charge in [0.15, 0.2) is 0 Å². The predicted molar refractivity (Wildman–Crippen MR) is 79.1 cm³/mol. The highest BCUT2D eigenvalue weighted by Gasteiger charge is 2.02. The summed E-state index contributed by atoms with van der Waals surface area (Å²) in [6.45, 7) is 1.36. The van der Waals surface area contributed by atoms with Gasteiger partial charge in [0, 0.05) is 18.3 Å². The first-order valence-corrected chi connectivity index (χ1v) is 6.92. The SMILES string of the molecule is Fc1ccc(Br)c(OCCCNc2ccccc2)c1. The number of hydrogen-bond acceptors (Lipinski definition) is 2. The van der Waals surface area contributed by atoms with E-state index in [2.05, 4.69) is 21.2 Å². The molecule has 2 aromatic carbocycles. The van der Waals surface area contributed by atoms with Crippen LogP contribution in [0.2, 0.25) is 0 Å². The number of anilines is 1. The third-order valence-corrected chi connectivity index (χ3v) is 3.23. The van der Waals surface area contributed by atoms with Crippen LogP contribution in [0.25, 0.3) is 0 Å². The highest BCUT2D eigenvalue weighted by Crippen LogP contribution is 2.25. The van der Waals surface area contributed by atoms with Crippen LogP contribution >= 0.6 is 15.9 Å². The zero-order valence-corrected chi connectivity index (χ0v) is 12.0. The second-order valence-corrected chi connectivity index (χ2v) is 4.92. The van der Waals surface area contributed by atoms with Crippen molar-refractivity contribution in [3.8, 4) is 5.75 Å². The Balaban J connectivity index is 1.71. The molecule has 0 aliphatic rings. The molecule has 0 aliphatic carbocycles. The molecule has 0 amide bonds. The molecule has 0 fully saturated rings. The molecule has 2 aromatic rings. The monoisotopic (exact) mass is 323 g/mol. The lowest BCUT2D eigenvalue weighted by molar-refractivity contribution is 0.311. The zero-order chi connectivity index (χ0) is 13.5. The van der Waals surface area contributed by atoms with Gasteiger partial charge in [-0.1, -0.05) is 18.2 Å². The summed E-state index contributed by atoms with van der Waals surface area (Å²) in [7, 11) is 0. The topological polar surface area (TPSA) is 21.3 Å². The molecule has 19 heavy (non-hydrogen) atoms. The molecule has 2 rings (SSSR count). The summed E-state index contributed by atoms with van der Waals surface area (Å²) < 4.78 is 19.3. The summed E-state index contributed by atoms with van der Waals surface area (Å²) in [5, 5.41) is 3.29. The molecule has 0 unspecified atom stereocenters. The van der Waals surface area contributed by atoms with Gasteiger partial charge in [0.25, 0.3) is 0 Å². The van der Waals surface area contributed by atoms with Crippen molar-refractivity contribution in [2.75, 3.05) is 18.5 Å². The molecule has 0 aromatic heterocycles. The van der Waals surface area contributed by atoms with Crippen LogP contribution in [0.5, 0.6) is 5.75 Å². The van der Waals surface area contributed by atoms with Crippen molar-refractivity contribution in [1.82, 2.24) is 0 Å². The Bertz CT molecular complexity index is 519. The van der Waals surface area contributed by atoms with Crippen LogP contribution in [0.4, 0.5) is 10.1 Å². The van der Waals surface area contributed by atoms with Crippen LogP contribution in [0.1, 0.15) is 6.42 Å². The van der Waals surface area contributed by atoms with E-state index in [0.29, 0.717) is 12.4 Å². The molecular formula is C15H15BrFNO. The zero-order valence-electron chi connectivity index (χ0n) is 10.4. The molecule has 0 radical (unpaired) electrons. The third kappa shape index (κ3) is 4.56. The Kier molecular flexibility index (Phi) is 5.21. The lowest BCUT2D eigenvalue weighted by Gasteiger charge is -2.09. The molecule has 0 aliphatic heterocycles. The Morgan fingerprint density at radius 3 is 2.68 bits per heavy atom. The highest BCUT2D eigenvalue weighted by molar-refractivity contribution is 9.10. The lowest BCUT2D eigenvalue weighted by Crippen LogP contribution is -2.07. The number of ether oxygens (including phenoxy) is 1. The molecule has 1 N–H and O–H groups in total. The van der Waals surface area contributed by atoms with E-state index >= 15 is 0 Å². The quantitative estimate of drug-likeness (QED) is 0.792. The van der Waals surface area contributed by atoms with Gasteiger partial charge in [-0.3, -0.25) is 0 Å². The van der Waals surface area contributed by atoms with Crippen LogP contribution in [0, 0.1) is 5.82 Å².